The molecule has 7 nitrogen and oxygen atoms in total. The number of hydrogen-bond acceptors (Lipinski definition) is 6. The van der Waals surface area contributed by atoms with Crippen LogP contribution in [0.5, 0.6) is 5.75 Å². The van der Waals surface area contributed by atoms with Crippen LogP contribution >= 0.6 is 0 Å². The molecule has 8 heteroatoms. The van der Waals surface area contributed by atoms with Gasteiger partial charge in [0.05, 0.1) is 13.0 Å². The molecule has 4 heterocycles. The molecule has 1 amide bonds. The fraction of sp³-hybridized carbons (Fsp3) is 0.484. The van der Waals surface area contributed by atoms with Crippen LogP contribution in [-0.4, -0.2) is 52.0 Å². The summed E-state index contributed by atoms with van der Waals surface area (Å²) in [6.07, 6.45) is 12.9. The maximum atomic E-state index is 14.8. The predicted octanol–water partition coefficient (Wildman–Crippen LogP) is 4.77. The van der Waals surface area contributed by atoms with Gasteiger partial charge in [-0.3, -0.25) is 9.78 Å². The Labute approximate surface area is 229 Å². The summed E-state index contributed by atoms with van der Waals surface area (Å²) in [4.78, 5) is 30.0. The normalized spacial score (nSPS) is 21.0. The van der Waals surface area contributed by atoms with Gasteiger partial charge in [-0.2, -0.15) is 0 Å². The van der Waals surface area contributed by atoms with Gasteiger partial charge >= 0.3 is 0 Å². The molecule has 1 saturated carbocycles. The second-order valence-corrected chi connectivity index (χ2v) is 11.3. The summed E-state index contributed by atoms with van der Waals surface area (Å²) >= 11 is 0. The number of ether oxygens (including phenoxy) is 1. The van der Waals surface area contributed by atoms with Crippen molar-refractivity contribution in [2.75, 3.05) is 31.1 Å². The zero-order valence-corrected chi connectivity index (χ0v) is 22.6. The molecule has 2 aliphatic heterocycles. The number of anilines is 1. The molecule has 3 aliphatic rings. The van der Waals surface area contributed by atoms with Crippen molar-refractivity contribution in [3.63, 3.8) is 0 Å². The number of halogens is 1. The van der Waals surface area contributed by atoms with Crippen LogP contribution in [0, 0.1) is 30.5 Å². The molecule has 2 fully saturated rings. The molecular formula is C31H36FN5O2. The number of amides is 1. The van der Waals surface area contributed by atoms with Crippen LogP contribution in [0.1, 0.15) is 47.9 Å². The molecular weight excluding hydrogens is 493 g/mol. The largest absolute Gasteiger partial charge is 0.493 e. The van der Waals surface area contributed by atoms with Crippen LogP contribution in [0.2, 0.25) is 0 Å². The minimum atomic E-state index is -0.381. The first-order chi connectivity index (χ1) is 19.0. The number of aromatic nitrogens is 3. The highest BCUT2D eigenvalue weighted by molar-refractivity contribution is 5.79. The molecule has 39 heavy (non-hydrogen) atoms. The van der Waals surface area contributed by atoms with Crippen molar-refractivity contribution in [2.24, 2.45) is 17.8 Å². The number of carbonyl (C=O) groups is 1. The number of fused-ring (bicyclic) bond motifs is 1. The summed E-state index contributed by atoms with van der Waals surface area (Å²) < 4.78 is 20.7. The lowest BCUT2D eigenvalue weighted by molar-refractivity contribution is -0.131. The zero-order valence-electron chi connectivity index (χ0n) is 22.6. The average Bonchev–Trinajstić information content (AvgIpc) is 3.74. The second-order valence-electron chi connectivity index (χ2n) is 11.3. The fourth-order valence-corrected chi connectivity index (χ4v) is 6.22. The van der Waals surface area contributed by atoms with Crippen LogP contribution in [-0.2, 0) is 24.2 Å². The zero-order chi connectivity index (χ0) is 26.8. The van der Waals surface area contributed by atoms with E-state index in [2.05, 4.69) is 19.9 Å². The first kappa shape index (κ1) is 25.7. The van der Waals surface area contributed by atoms with Gasteiger partial charge in [-0.1, -0.05) is 6.07 Å². The Balaban J connectivity index is 0.924. The van der Waals surface area contributed by atoms with E-state index in [1.165, 1.54) is 30.9 Å². The van der Waals surface area contributed by atoms with Crippen molar-refractivity contribution in [3.05, 3.63) is 77.1 Å². The minimum absolute atomic E-state index is 0.0559. The van der Waals surface area contributed by atoms with Crippen molar-refractivity contribution in [3.8, 4) is 5.75 Å². The van der Waals surface area contributed by atoms with Gasteiger partial charge in [0.1, 0.15) is 11.6 Å². The summed E-state index contributed by atoms with van der Waals surface area (Å²) in [7, 11) is 0. The monoisotopic (exact) mass is 529 g/mol. The van der Waals surface area contributed by atoms with E-state index >= 15 is 0 Å². The van der Waals surface area contributed by atoms with E-state index < -0.39 is 0 Å². The molecule has 0 N–H and O–H groups in total. The van der Waals surface area contributed by atoms with E-state index in [1.807, 2.05) is 31.6 Å². The van der Waals surface area contributed by atoms with Gasteiger partial charge in [-0.05, 0) is 91.2 Å². The Morgan fingerprint density at radius 2 is 1.90 bits per heavy atom. The standard InChI is InChI=1S/C31H36FN5O2/c1-21-17-34-31(35-18-21)36-10-6-23(7-11-36)28-14-24(28)8-13-39-27-3-2-25(29(32)16-27)15-30(38)37-12-5-22-4-9-33-19-26(22)20-37/h2-4,9,16-19,23-24,28H,5-8,10-15,20H2,1H3/t24-,28-/m1/s1. The molecule has 0 bridgehead atoms. The first-order valence-electron chi connectivity index (χ1n) is 14.2. The quantitative estimate of drug-likeness (QED) is 0.419. The minimum Gasteiger partial charge on any atom is -0.493 e. The third kappa shape index (κ3) is 6.05. The SMILES string of the molecule is Cc1cnc(N2CCC([C@H]3C[C@H]3CCOc3ccc(CC(=O)N4CCc5ccncc5C4)c(F)c3)CC2)nc1. The summed E-state index contributed by atoms with van der Waals surface area (Å²) in [5, 5.41) is 0. The molecule has 2 aromatic heterocycles. The molecule has 1 aliphatic carbocycles. The van der Waals surface area contributed by atoms with E-state index in [-0.39, 0.29) is 18.1 Å². The van der Waals surface area contributed by atoms with Crippen molar-refractivity contribution >= 4 is 11.9 Å². The highest BCUT2D eigenvalue weighted by Gasteiger charge is 2.43. The number of pyridine rings is 1. The lowest BCUT2D eigenvalue weighted by atomic mass is 9.90. The van der Waals surface area contributed by atoms with Crippen LogP contribution < -0.4 is 9.64 Å². The molecule has 3 aromatic rings. The van der Waals surface area contributed by atoms with Crippen molar-refractivity contribution in [1.29, 1.82) is 0 Å². The van der Waals surface area contributed by atoms with Crippen LogP contribution in [0.3, 0.4) is 0 Å². The lowest BCUT2D eigenvalue weighted by Gasteiger charge is -2.32. The van der Waals surface area contributed by atoms with Gasteiger partial charge < -0.3 is 14.5 Å². The molecule has 6 rings (SSSR count). The average molecular weight is 530 g/mol. The van der Waals surface area contributed by atoms with Gasteiger partial charge in [0.25, 0.3) is 0 Å². The third-order valence-corrected chi connectivity index (χ3v) is 8.67. The maximum absolute atomic E-state index is 14.8. The highest BCUT2D eigenvalue weighted by Crippen LogP contribution is 2.49. The number of rotatable bonds is 8. The molecule has 1 saturated heterocycles. The van der Waals surface area contributed by atoms with Crippen molar-refractivity contribution < 1.29 is 13.9 Å². The van der Waals surface area contributed by atoms with Crippen LogP contribution in [0.4, 0.5) is 10.3 Å². The van der Waals surface area contributed by atoms with E-state index in [9.17, 15) is 9.18 Å². The number of nitrogens with zero attached hydrogens (tertiary/aromatic N) is 5. The molecule has 204 valence electrons. The van der Waals surface area contributed by atoms with E-state index in [4.69, 9.17) is 4.74 Å². The summed E-state index contributed by atoms with van der Waals surface area (Å²) in [5.41, 5.74) is 3.80. The highest BCUT2D eigenvalue weighted by atomic mass is 19.1. The van der Waals surface area contributed by atoms with Crippen molar-refractivity contribution in [2.45, 2.75) is 52.0 Å². The number of carbonyl (C=O) groups excluding carboxylic acids is 1. The Hall–Kier alpha value is -3.55. The topological polar surface area (TPSA) is 71.5 Å². The van der Waals surface area contributed by atoms with Gasteiger partial charge in [-0.15, -0.1) is 0 Å². The Morgan fingerprint density at radius 1 is 1.08 bits per heavy atom. The van der Waals surface area contributed by atoms with Gasteiger partial charge in [0.15, 0.2) is 0 Å². The van der Waals surface area contributed by atoms with E-state index in [0.29, 0.717) is 36.9 Å². The Bertz CT molecular complexity index is 1310. The molecule has 0 spiro atoms. The fourth-order valence-electron chi connectivity index (χ4n) is 6.22. The second kappa shape index (κ2) is 11.3. The van der Waals surface area contributed by atoms with Crippen LogP contribution in [0.15, 0.2) is 49.1 Å². The van der Waals surface area contributed by atoms with Gasteiger partial charge in [0, 0.05) is 57.0 Å². The van der Waals surface area contributed by atoms with E-state index in [0.717, 1.165) is 54.8 Å². The smallest absolute Gasteiger partial charge is 0.227 e. The number of aryl methyl sites for hydroxylation is 1. The summed E-state index contributed by atoms with van der Waals surface area (Å²) in [6.45, 7) is 5.83. The maximum Gasteiger partial charge on any atom is 0.227 e. The number of hydrogen-bond donors (Lipinski definition) is 0. The van der Waals surface area contributed by atoms with Crippen LogP contribution in [0.25, 0.3) is 0 Å². The molecule has 0 unspecified atom stereocenters. The van der Waals surface area contributed by atoms with Gasteiger partial charge in [0.2, 0.25) is 11.9 Å². The Morgan fingerprint density at radius 3 is 2.69 bits per heavy atom. The molecule has 0 radical (unpaired) electrons. The van der Waals surface area contributed by atoms with Crippen molar-refractivity contribution in [1.82, 2.24) is 19.9 Å². The summed E-state index contributed by atoms with van der Waals surface area (Å²) in [6, 6.07) is 6.90. The molecule has 2 atom stereocenters. The number of benzene rings is 1. The summed E-state index contributed by atoms with van der Waals surface area (Å²) in [5.74, 6) is 3.17. The third-order valence-electron chi connectivity index (χ3n) is 8.67. The Kier molecular flexibility index (Phi) is 7.44. The van der Waals surface area contributed by atoms with E-state index in [1.54, 1.807) is 23.2 Å². The molecule has 1 aromatic carbocycles. The first-order valence-corrected chi connectivity index (χ1v) is 14.2. The number of piperidine rings is 1. The lowest BCUT2D eigenvalue weighted by Crippen LogP contribution is -2.37. The predicted molar refractivity (Wildman–Crippen MR) is 147 cm³/mol. The van der Waals surface area contributed by atoms with Gasteiger partial charge in [-0.25, -0.2) is 14.4 Å².